The van der Waals surface area contributed by atoms with Gasteiger partial charge in [-0.25, -0.2) is 0 Å². The maximum Gasteiger partial charge on any atom is 0.231 e. The molecule has 0 fully saturated rings. The molecule has 1 atom stereocenters. The van der Waals surface area contributed by atoms with Crippen molar-refractivity contribution in [1.82, 2.24) is 5.32 Å². The molecule has 7 heteroatoms. The standard InChI is InChI=1S/C19H22N2O4.ClH/c1-13(10-20-2)19(22)21-15-5-3-4-14(8-15)11-23-16-6-7-17-18(9-16)25-12-24-17;/h3-9,13,20H,10-12H2,1-2H3,(H,21,22);1H. The van der Waals surface area contributed by atoms with Gasteiger partial charge in [0.25, 0.3) is 0 Å². The summed E-state index contributed by atoms with van der Waals surface area (Å²) in [5.41, 5.74) is 1.73. The summed E-state index contributed by atoms with van der Waals surface area (Å²) in [4.78, 5) is 12.1. The Morgan fingerprint density at radius 3 is 2.81 bits per heavy atom. The summed E-state index contributed by atoms with van der Waals surface area (Å²) in [6, 6.07) is 13.1. The van der Waals surface area contributed by atoms with Crippen LogP contribution in [0.25, 0.3) is 0 Å². The van der Waals surface area contributed by atoms with Gasteiger partial charge in [-0.05, 0) is 36.9 Å². The Kier molecular flexibility index (Phi) is 7.12. The SMILES string of the molecule is CNCC(C)C(=O)Nc1cccc(COc2ccc3c(c2)OCO3)c1.Cl. The molecule has 1 aliphatic heterocycles. The quantitative estimate of drug-likeness (QED) is 0.774. The van der Waals surface area contributed by atoms with Gasteiger partial charge in [-0.1, -0.05) is 19.1 Å². The van der Waals surface area contributed by atoms with E-state index in [0.717, 1.165) is 17.0 Å². The zero-order valence-corrected chi connectivity index (χ0v) is 15.6. The van der Waals surface area contributed by atoms with Gasteiger partial charge in [-0.2, -0.15) is 0 Å². The minimum Gasteiger partial charge on any atom is -0.489 e. The normalized spacial score (nSPS) is 12.8. The number of anilines is 1. The Labute approximate surface area is 159 Å². The number of fused-ring (bicyclic) bond motifs is 1. The number of amides is 1. The number of nitrogens with one attached hydrogen (secondary N) is 2. The van der Waals surface area contributed by atoms with Crippen molar-refractivity contribution in [2.24, 2.45) is 5.92 Å². The number of rotatable bonds is 7. The van der Waals surface area contributed by atoms with Crippen LogP contribution < -0.4 is 24.8 Å². The fraction of sp³-hybridized carbons (Fsp3) is 0.316. The van der Waals surface area contributed by atoms with Crippen molar-refractivity contribution < 1.29 is 19.0 Å². The molecular weight excluding hydrogens is 356 g/mol. The molecular formula is C19H23ClN2O4. The van der Waals surface area contributed by atoms with Crippen LogP contribution in [0.3, 0.4) is 0 Å². The molecule has 1 amide bonds. The van der Waals surface area contributed by atoms with Crippen molar-refractivity contribution in [2.45, 2.75) is 13.5 Å². The maximum absolute atomic E-state index is 12.1. The Bertz CT molecular complexity index is 754. The van der Waals surface area contributed by atoms with E-state index in [1.165, 1.54) is 0 Å². The van der Waals surface area contributed by atoms with Crippen molar-refractivity contribution in [3.05, 3.63) is 48.0 Å². The zero-order chi connectivity index (χ0) is 17.6. The molecule has 1 heterocycles. The second-order valence-corrected chi connectivity index (χ2v) is 5.95. The average molecular weight is 379 g/mol. The second kappa shape index (κ2) is 9.31. The van der Waals surface area contributed by atoms with E-state index in [4.69, 9.17) is 14.2 Å². The first-order valence-corrected chi connectivity index (χ1v) is 8.22. The number of carbonyl (C=O) groups is 1. The maximum atomic E-state index is 12.1. The lowest BCUT2D eigenvalue weighted by Gasteiger charge is -2.13. The van der Waals surface area contributed by atoms with Gasteiger partial charge in [0.2, 0.25) is 12.7 Å². The summed E-state index contributed by atoms with van der Waals surface area (Å²) in [6.45, 7) is 3.17. The van der Waals surface area contributed by atoms with E-state index in [1.54, 1.807) is 0 Å². The number of ether oxygens (including phenoxy) is 3. The molecule has 0 radical (unpaired) electrons. The van der Waals surface area contributed by atoms with Gasteiger partial charge in [0.15, 0.2) is 11.5 Å². The second-order valence-electron chi connectivity index (χ2n) is 5.95. The minimum absolute atomic E-state index is 0. The smallest absolute Gasteiger partial charge is 0.231 e. The molecule has 0 spiro atoms. The van der Waals surface area contributed by atoms with Crippen molar-refractivity contribution >= 4 is 24.0 Å². The van der Waals surface area contributed by atoms with E-state index in [0.29, 0.717) is 24.7 Å². The van der Waals surface area contributed by atoms with Gasteiger partial charge in [0, 0.05) is 24.2 Å². The van der Waals surface area contributed by atoms with Crippen molar-refractivity contribution in [1.29, 1.82) is 0 Å². The first-order chi connectivity index (χ1) is 12.2. The highest BCUT2D eigenvalue weighted by atomic mass is 35.5. The van der Waals surface area contributed by atoms with E-state index in [1.807, 2.05) is 56.4 Å². The predicted octanol–water partition coefficient (Wildman–Crippen LogP) is 3.21. The largest absolute Gasteiger partial charge is 0.489 e. The average Bonchev–Trinajstić information content (AvgIpc) is 3.08. The van der Waals surface area contributed by atoms with Crippen LogP contribution in [0.1, 0.15) is 12.5 Å². The van der Waals surface area contributed by atoms with Crippen molar-refractivity contribution in [3.8, 4) is 17.2 Å². The first kappa shape index (κ1) is 19.9. The van der Waals surface area contributed by atoms with Crippen LogP contribution in [0.2, 0.25) is 0 Å². The van der Waals surface area contributed by atoms with Crippen LogP contribution in [0.15, 0.2) is 42.5 Å². The third-order valence-corrected chi connectivity index (χ3v) is 3.90. The molecule has 140 valence electrons. The summed E-state index contributed by atoms with van der Waals surface area (Å²) in [5, 5.41) is 5.93. The van der Waals surface area contributed by atoms with Crippen LogP contribution in [0.4, 0.5) is 5.69 Å². The number of benzene rings is 2. The number of hydrogen-bond donors (Lipinski definition) is 2. The summed E-state index contributed by atoms with van der Waals surface area (Å²) >= 11 is 0. The lowest BCUT2D eigenvalue weighted by atomic mass is 10.1. The highest BCUT2D eigenvalue weighted by Crippen LogP contribution is 2.35. The topological polar surface area (TPSA) is 68.8 Å². The van der Waals surface area contributed by atoms with Crippen LogP contribution in [0.5, 0.6) is 17.2 Å². The zero-order valence-electron chi connectivity index (χ0n) is 14.8. The highest BCUT2D eigenvalue weighted by molar-refractivity contribution is 5.92. The molecule has 0 saturated heterocycles. The molecule has 2 N–H and O–H groups in total. The minimum atomic E-state index is -0.0986. The van der Waals surface area contributed by atoms with Gasteiger partial charge in [0.1, 0.15) is 12.4 Å². The summed E-state index contributed by atoms with van der Waals surface area (Å²) in [6.07, 6.45) is 0. The van der Waals surface area contributed by atoms with E-state index >= 15 is 0 Å². The lowest BCUT2D eigenvalue weighted by molar-refractivity contribution is -0.119. The van der Waals surface area contributed by atoms with Crippen LogP contribution in [-0.2, 0) is 11.4 Å². The van der Waals surface area contributed by atoms with Gasteiger partial charge in [0.05, 0.1) is 0 Å². The van der Waals surface area contributed by atoms with Crippen LogP contribution in [-0.4, -0.2) is 26.3 Å². The predicted molar refractivity (Wildman–Crippen MR) is 102 cm³/mol. The Hall–Kier alpha value is -2.44. The Morgan fingerprint density at radius 2 is 2.00 bits per heavy atom. The van der Waals surface area contributed by atoms with Gasteiger partial charge >= 0.3 is 0 Å². The van der Waals surface area contributed by atoms with Crippen molar-refractivity contribution in [2.75, 3.05) is 25.7 Å². The molecule has 1 aliphatic rings. The molecule has 0 aliphatic carbocycles. The summed E-state index contributed by atoms with van der Waals surface area (Å²) < 4.78 is 16.4. The fourth-order valence-corrected chi connectivity index (χ4v) is 2.54. The Morgan fingerprint density at radius 1 is 1.19 bits per heavy atom. The molecule has 26 heavy (non-hydrogen) atoms. The molecule has 0 bridgehead atoms. The number of carbonyl (C=O) groups excluding carboxylic acids is 1. The molecule has 3 rings (SSSR count). The highest BCUT2D eigenvalue weighted by Gasteiger charge is 2.14. The van der Waals surface area contributed by atoms with E-state index in [2.05, 4.69) is 10.6 Å². The molecule has 6 nitrogen and oxygen atoms in total. The monoisotopic (exact) mass is 378 g/mol. The molecule has 0 aromatic heterocycles. The third-order valence-electron chi connectivity index (χ3n) is 3.90. The molecule has 0 saturated carbocycles. The van der Waals surface area contributed by atoms with Crippen LogP contribution in [0, 0.1) is 5.92 Å². The molecule has 2 aromatic carbocycles. The number of halogens is 1. The van der Waals surface area contributed by atoms with Crippen molar-refractivity contribution in [3.63, 3.8) is 0 Å². The number of hydrogen-bond acceptors (Lipinski definition) is 5. The van der Waals surface area contributed by atoms with Crippen LogP contribution >= 0.6 is 12.4 Å². The van der Waals surface area contributed by atoms with Gasteiger partial charge in [-0.15, -0.1) is 12.4 Å². The van der Waals surface area contributed by atoms with E-state index < -0.39 is 0 Å². The Balaban J connectivity index is 0.00000243. The molecule has 2 aromatic rings. The molecule has 1 unspecified atom stereocenters. The third kappa shape index (κ3) is 5.03. The van der Waals surface area contributed by atoms with Gasteiger partial charge in [-0.3, -0.25) is 4.79 Å². The first-order valence-electron chi connectivity index (χ1n) is 8.22. The van der Waals surface area contributed by atoms with Gasteiger partial charge < -0.3 is 24.8 Å². The summed E-state index contributed by atoms with van der Waals surface area (Å²) in [7, 11) is 1.83. The lowest BCUT2D eigenvalue weighted by Crippen LogP contribution is -2.28. The van der Waals surface area contributed by atoms with E-state index in [-0.39, 0.29) is 31.0 Å². The summed E-state index contributed by atoms with van der Waals surface area (Å²) in [5.74, 6) is 2.02. The van der Waals surface area contributed by atoms with E-state index in [9.17, 15) is 4.79 Å². The fourth-order valence-electron chi connectivity index (χ4n) is 2.54.